The normalized spacial score (nSPS) is 11.0. The van der Waals surface area contributed by atoms with Crippen LogP contribution in [0.4, 0.5) is 4.39 Å². The molecule has 5 nitrogen and oxygen atoms in total. The maximum Gasteiger partial charge on any atom is 0.341 e. The molecule has 0 bridgehead atoms. The topological polar surface area (TPSA) is 79.5 Å². The van der Waals surface area contributed by atoms with Gasteiger partial charge in [0.2, 0.25) is 5.43 Å². The molecule has 25 heavy (non-hydrogen) atoms. The molecule has 0 fully saturated rings. The summed E-state index contributed by atoms with van der Waals surface area (Å²) < 4.78 is 16.2. The number of benzene rings is 2. The van der Waals surface area contributed by atoms with Gasteiger partial charge < -0.3 is 14.8 Å². The van der Waals surface area contributed by atoms with E-state index in [0.717, 1.165) is 6.07 Å². The molecule has 0 aliphatic carbocycles. The summed E-state index contributed by atoms with van der Waals surface area (Å²) in [4.78, 5) is 23.6. The van der Waals surface area contributed by atoms with Crippen molar-refractivity contribution < 1.29 is 19.4 Å². The maximum absolute atomic E-state index is 14.6. The van der Waals surface area contributed by atoms with Gasteiger partial charge in [0.15, 0.2) is 0 Å². The minimum Gasteiger partial charge on any atom is -0.477 e. The molecular formula is C19H16FNO4. The van der Waals surface area contributed by atoms with E-state index in [4.69, 9.17) is 0 Å². The first-order valence-corrected chi connectivity index (χ1v) is 7.76. The smallest absolute Gasteiger partial charge is 0.341 e. The van der Waals surface area contributed by atoms with Crippen molar-refractivity contribution in [1.82, 2.24) is 4.57 Å². The van der Waals surface area contributed by atoms with Crippen molar-refractivity contribution in [2.24, 2.45) is 0 Å². The predicted molar refractivity (Wildman–Crippen MR) is 92.2 cm³/mol. The van der Waals surface area contributed by atoms with E-state index in [1.54, 1.807) is 28.8 Å². The molecule has 3 aromatic rings. The lowest BCUT2D eigenvalue weighted by Gasteiger charge is -2.13. The lowest BCUT2D eigenvalue weighted by Crippen LogP contribution is -2.19. The van der Waals surface area contributed by atoms with Crippen LogP contribution in [0.5, 0.6) is 0 Å². The van der Waals surface area contributed by atoms with Crippen molar-refractivity contribution in [1.29, 1.82) is 0 Å². The lowest BCUT2D eigenvalue weighted by molar-refractivity contribution is 0.0695. The maximum atomic E-state index is 14.6. The number of carbonyl (C=O) groups is 1. The molecule has 1 heterocycles. The lowest BCUT2D eigenvalue weighted by atomic mass is 10.00. The molecule has 128 valence electrons. The standard InChI is InChI=1S/C19H16FNO4/c1-2-21-9-15(19(24)25)18(23)14-7-16(20)13(8-17(14)21)12-5-3-4-11(6-12)10-22/h3-9,22H,2,10H2,1H3,(H,24,25). The van der Waals surface area contributed by atoms with E-state index in [-0.39, 0.29) is 23.1 Å². The van der Waals surface area contributed by atoms with Gasteiger partial charge in [0, 0.05) is 23.7 Å². The average Bonchev–Trinajstić information content (AvgIpc) is 2.61. The van der Waals surface area contributed by atoms with E-state index < -0.39 is 17.2 Å². The summed E-state index contributed by atoms with van der Waals surface area (Å²) in [6, 6.07) is 9.44. The summed E-state index contributed by atoms with van der Waals surface area (Å²) in [5.74, 6) is -1.96. The summed E-state index contributed by atoms with van der Waals surface area (Å²) in [6.45, 7) is 2.08. The van der Waals surface area contributed by atoms with Crippen LogP contribution in [-0.4, -0.2) is 20.7 Å². The second-order valence-electron chi connectivity index (χ2n) is 5.67. The van der Waals surface area contributed by atoms with Crippen molar-refractivity contribution in [3.63, 3.8) is 0 Å². The van der Waals surface area contributed by atoms with Crippen molar-refractivity contribution in [2.45, 2.75) is 20.1 Å². The quantitative estimate of drug-likeness (QED) is 0.764. The molecule has 3 rings (SSSR count). The van der Waals surface area contributed by atoms with E-state index >= 15 is 0 Å². The Morgan fingerprint density at radius 2 is 2.00 bits per heavy atom. The van der Waals surface area contributed by atoms with Crippen LogP contribution < -0.4 is 5.43 Å². The van der Waals surface area contributed by atoms with Crippen LogP contribution in [0.1, 0.15) is 22.8 Å². The Kier molecular flexibility index (Phi) is 4.37. The number of halogens is 1. The number of aryl methyl sites for hydroxylation is 1. The molecule has 0 saturated heterocycles. The van der Waals surface area contributed by atoms with Crippen LogP contribution in [0.3, 0.4) is 0 Å². The summed E-state index contributed by atoms with van der Waals surface area (Å²) in [5, 5.41) is 18.5. The number of rotatable bonds is 4. The number of nitrogens with zero attached hydrogens (tertiary/aromatic N) is 1. The Morgan fingerprint density at radius 3 is 2.64 bits per heavy atom. The van der Waals surface area contributed by atoms with Gasteiger partial charge in [0.05, 0.1) is 12.1 Å². The Hall–Kier alpha value is -2.99. The summed E-state index contributed by atoms with van der Waals surface area (Å²) in [6.07, 6.45) is 1.28. The third-order valence-corrected chi connectivity index (χ3v) is 4.16. The van der Waals surface area contributed by atoms with E-state index in [2.05, 4.69) is 0 Å². The average molecular weight is 341 g/mol. The highest BCUT2D eigenvalue weighted by molar-refractivity contribution is 5.94. The molecule has 6 heteroatoms. The molecule has 0 aliphatic heterocycles. The zero-order chi connectivity index (χ0) is 18.1. The van der Waals surface area contributed by atoms with E-state index in [9.17, 15) is 24.2 Å². The van der Waals surface area contributed by atoms with Crippen molar-refractivity contribution in [2.75, 3.05) is 0 Å². The van der Waals surface area contributed by atoms with Crippen LogP contribution in [0.25, 0.3) is 22.0 Å². The SMILES string of the molecule is CCn1cc(C(=O)O)c(=O)c2cc(F)c(-c3cccc(CO)c3)cc21. The van der Waals surface area contributed by atoms with Crippen molar-refractivity contribution in [3.05, 3.63) is 69.8 Å². The zero-order valence-electron chi connectivity index (χ0n) is 13.5. The minimum atomic E-state index is -1.34. The molecule has 1 aromatic heterocycles. The molecule has 0 aliphatic rings. The van der Waals surface area contributed by atoms with Gasteiger partial charge in [-0.1, -0.05) is 18.2 Å². The summed E-state index contributed by atoms with van der Waals surface area (Å²) in [5.41, 5.74) is 0.871. The molecule has 0 atom stereocenters. The number of hydrogen-bond acceptors (Lipinski definition) is 3. The van der Waals surface area contributed by atoms with E-state index in [0.29, 0.717) is 23.2 Å². The van der Waals surface area contributed by atoms with E-state index in [1.165, 1.54) is 12.3 Å². The Bertz CT molecular complexity index is 1040. The van der Waals surface area contributed by atoms with E-state index in [1.807, 2.05) is 6.92 Å². The van der Waals surface area contributed by atoms with Gasteiger partial charge in [-0.2, -0.15) is 0 Å². The number of carboxylic acid groups (broad SMARTS) is 1. The second-order valence-corrected chi connectivity index (χ2v) is 5.67. The number of aromatic carboxylic acids is 1. The third kappa shape index (κ3) is 2.92. The number of aliphatic hydroxyl groups excluding tert-OH is 1. The van der Waals surface area contributed by atoms with Gasteiger partial charge in [-0.25, -0.2) is 9.18 Å². The number of aliphatic hydroxyl groups is 1. The van der Waals surface area contributed by atoms with Gasteiger partial charge in [-0.05, 0) is 36.2 Å². The van der Waals surface area contributed by atoms with Crippen LogP contribution in [0.15, 0.2) is 47.4 Å². The summed E-state index contributed by atoms with van der Waals surface area (Å²) >= 11 is 0. The van der Waals surface area contributed by atoms with Crippen LogP contribution in [0, 0.1) is 5.82 Å². The highest BCUT2D eigenvalue weighted by Crippen LogP contribution is 2.28. The molecule has 0 radical (unpaired) electrons. The predicted octanol–water partition coefficient (Wildman–Crippen LogP) is 3.02. The first-order valence-electron chi connectivity index (χ1n) is 7.76. The highest BCUT2D eigenvalue weighted by atomic mass is 19.1. The number of aromatic nitrogens is 1. The molecule has 0 amide bonds. The summed E-state index contributed by atoms with van der Waals surface area (Å²) in [7, 11) is 0. The molecule has 0 saturated carbocycles. The fourth-order valence-electron chi connectivity index (χ4n) is 2.88. The van der Waals surface area contributed by atoms with Crippen molar-refractivity contribution >= 4 is 16.9 Å². The molecule has 2 N–H and O–H groups in total. The Labute approximate surface area is 142 Å². The van der Waals surface area contributed by atoms with Gasteiger partial charge in [0.1, 0.15) is 11.4 Å². The Balaban J connectivity index is 2.34. The van der Waals surface area contributed by atoms with Gasteiger partial charge in [-0.3, -0.25) is 4.79 Å². The number of carboxylic acids is 1. The first kappa shape index (κ1) is 16.9. The minimum absolute atomic E-state index is 0.0290. The van der Waals surface area contributed by atoms with Crippen LogP contribution in [0.2, 0.25) is 0 Å². The third-order valence-electron chi connectivity index (χ3n) is 4.16. The Morgan fingerprint density at radius 1 is 1.24 bits per heavy atom. The van der Waals surface area contributed by atoms with Crippen LogP contribution >= 0.6 is 0 Å². The molecule has 0 spiro atoms. The molecule has 2 aromatic carbocycles. The number of hydrogen-bond donors (Lipinski definition) is 2. The zero-order valence-corrected chi connectivity index (χ0v) is 13.5. The fraction of sp³-hybridized carbons (Fsp3) is 0.158. The monoisotopic (exact) mass is 341 g/mol. The second kappa shape index (κ2) is 6.49. The van der Waals surface area contributed by atoms with Gasteiger partial charge >= 0.3 is 5.97 Å². The molecular weight excluding hydrogens is 325 g/mol. The number of pyridine rings is 1. The number of fused-ring (bicyclic) bond motifs is 1. The van der Waals surface area contributed by atoms with Crippen LogP contribution in [-0.2, 0) is 13.2 Å². The van der Waals surface area contributed by atoms with Crippen molar-refractivity contribution in [3.8, 4) is 11.1 Å². The van der Waals surface area contributed by atoms with Gasteiger partial charge in [0.25, 0.3) is 0 Å². The highest BCUT2D eigenvalue weighted by Gasteiger charge is 2.17. The first-order chi connectivity index (χ1) is 12.0. The largest absolute Gasteiger partial charge is 0.477 e. The molecule has 0 unspecified atom stereocenters. The fourth-order valence-corrected chi connectivity index (χ4v) is 2.88. The van der Waals surface area contributed by atoms with Gasteiger partial charge in [-0.15, -0.1) is 0 Å².